The molecule has 1 aliphatic heterocycles. The van der Waals surface area contributed by atoms with E-state index >= 15 is 0 Å². The largest absolute Gasteiger partial charge is 0.379 e. The molecule has 4 rings (SSSR count). The molecular weight excluding hydrogens is 390 g/mol. The molecule has 2 aromatic heterocycles. The molecule has 7 nitrogen and oxygen atoms in total. The van der Waals surface area contributed by atoms with Crippen LogP contribution in [0.1, 0.15) is 87.8 Å². The van der Waals surface area contributed by atoms with Crippen LogP contribution in [-0.2, 0) is 4.74 Å². The van der Waals surface area contributed by atoms with Crippen molar-refractivity contribution >= 4 is 16.9 Å². The third kappa shape index (κ3) is 4.48. The number of pyridine rings is 1. The smallest absolute Gasteiger partial charge is 0.252 e. The van der Waals surface area contributed by atoms with Gasteiger partial charge in [0.1, 0.15) is 0 Å². The van der Waals surface area contributed by atoms with Crippen molar-refractivity contribution < 1.29 is 9.53 Å². The van der Waals surface area contributed by atoms with Gasteiger partial charge in [0, 0.05) is 36.9 Å². The first kappa shape index (κ1) is 22.2. The highest BCUT2D eigenvalue weighted by molar-refractivity contribution is 6.05. The molecule has 0 spiro atoms. The number of nitrogens with one attached hydrogen (secondary N) is 1. The van der Waals surface area contributed by atoms with E-state index in [0.717, 1.165) is 55.9 Å². The Morgan fingerprint density at radius 3 is 2.52 bits per heavy atom. The van der Waals surface area contributed by atoms with E-state index in [1.54, 1.807) is 6.20 Å². The van der Waals surface area contributed by atoms with E-state index in [9.17, 15) is 4.79 Å². The number of nitrogens with zero attached hydrogens (tertiary/aromatic N) is 4. The summed E-state index contributed by atoms with van der Waals surface area (Å²) >= 11 is 0. The highest BCUT2D eigenvalue weighted by atomic mass is 16.5. The molecule has 0 aromatic carbocycles. The van der Waals surface area contributed by atoms with Crippen LogP contribution in [-0.4, -0.2) is 64.0 Å². The molecule has 7 heteroatoms. The van der Waals surface area contributed by atoms with Crippen LogP contribution in [0.5, 0.6) is 0 Å². The fourth-order valence-electron chi connectivity index (χ4n) is 5.09. The van der Waals surface area contributed by atoms with Crippen LogP contribution in [0.3, 0.4) is 0 Å². The van der Waals surface area contributed by atoms with Crippen molar-refractivity contribution in [2.75, 3.05) is 32.8 Å². The Morgan fingerprint density at radius 1 is 1.16 bits per heavy atom. The standard InChI is InChI=1S/C24H37N5O2/c1-17(2)21-14-19(20-15-26-29(18(3)4)22(20)27-21)23(30)25-16-24(8-6-5-7-9-24)28-10-12-31-13-11-28/h14-15,17-18H,5-13,16H2,1-4H3,(H,25,30). The van der Waals surface area contributed by atoms with E-state index in [4.69, 9.17) is 9.72 Å². The Labute approximate surface area is 185 Å². The molecule has 0 atom stereocenters. The number of ether oxygens (including phenoxy) is 1. The first-order valence-electron chi connectivity index (χ1n) is 11.9. The van der Waals surface area contributed by atoms with Crippen molar-refractivity contribution in [3.05, 3.63) is 23.5 Å². The number of carbonyl (C=O) groups is 1. The predicted molar refractivity (Wildman–Crippen MR) is 123 cm³/mol. The van der Waals surface area contributed by atoms with Crippen molar-refractivity contribution in [3.8, 4) is 0 Å². The number of hydrogen-bond donors (Lipinski definition) is 1. The van der Waals surface area contributed by atoms with Crippen molar-refractivity contribution in [2.45, 2.75) is 77.3 Å². The summed E-state index contributed by atoms with van der Waals surface area (Å²) in [5.41, 5.74) is 2.47. The molecule has 170 valence electrons. The van der Waals surface area contributed by atoms with Gasteiger partial charge >= 0.3 is 0 Å². The second-order valence-electron chi connectivity index (χ2n) is 9.74. The summed E-state index contributed by atoms with van der Waals surface area (Å²) in [7, 11) is 0. The van der Waals surface area contributed by atoms with Crippen LogP contribution in [0.25, 0.3) is 11.0 Å². The van der Waals surface area contributed by atoms with Crippen LogP contribution in [0.2, 0.25) is 0 Å². The Bertz CT molecular complexity index is 908. The van der Waals surface area contributed by atoms with Gasteiger partial charge in [-0.15, -0.1) is 0 Å². The van der Waals surface area contributed by atoms with Gasteiger partial charge < -0.3 is 10.1 Å². The van der Waals surface area contributed by atoms with Crippen LogP contribution < -0.4 is 5.32 Å². The minimum Gasteiger partial charge on any atom is -0.379 e. The minimum absolute atomic E-state index is 0.0178. The molecule has 0 bridgehead atoms. The Hall–Kier alpha value is -1.99. The zero-order valence-electron chi connectivity index (χ0n) is 19.5. The van der Waals surface area contributed by atoms with Gasteiger partial charge in [0.15, 0.2) is 5.65 Å². The summed E-state index contributed by atoms with van der Waals surface area (Å²) in [6.45, 7) is 12.6. The topological polar surface area (TPSA) is 72.3 Å². The second-order valence-corrected chi connectivity index (χ2v) is 9.74. The fraction of sp³-hybridized carbons (Fsp3) is 0.708. The van der Waals surface area contributed by atoms with E-state index in [-0.39, 0.29) is 23.4 Å². The van der Waals surface area contributed by atoms with Gasteiger partial charge in [-0.1, -0.05) is 33.1 Å². The lowest BCUT2D eigenvalue weighted by Crippen LogP contribution is -2.59. The molecule has 31 heavy (non-hydrogen) atoms. The highest BCUT2D eigenvalue weighted by Crippen LogP contribution is 2.34. The third-order valence-electron chi connectivity index (χ3n) is 6.96. The number of fused-ring (bicyclic) bond motifs is 1. The Balaban J connectivity index is 1.61. The predicted octanol–water partition coefficient (Wildman–Crippen LogP) is 3.90. The van der Waals surface area contributed by atoms with Gasteiger partial charge in [0.25, 0.3) is 5.91 Å². The summed E-state index contributed by atoms with van der Waals surface area (Å²) in [5, 5.41) is 8.68. The van der Waals surface area contributed by atoms with Gasteiger partial charge in [-0.2, -0.15) is 5.10 Å². The number of aromatic nitrogens is 3. The van der Waals surface area contributed by atoms with Crippen molar-refractivity contribution in [2.24, 2.45) is 0 Å². The summed E-state index contributed by atoms with van der Waals surface area (Å²) < 4.78 is 7.50. The molecule has 0 radical (unpaired) electrons. The average Bonchev–Trinajstić information content (AvgIpc) is 3.22. The molecule has 0 unspecified atom stereocenters. The van der Waals surface area contributed by atoms with Crippen LogP contribution >= 0.6 is 0 Å². The number of rotatable bonds is 6. The van der Waals surface area contributed by atoms with E-state index < -0.39 is 0 Å². The summed E-state index contributed by atoms with van der Waals surface area (Å²) in [4.78, 5) is 20.9. The molecule has 1 saturated carbocycles. The maximum Gasteiger partial charge on any atom is 0.252 e. The number of amides is 1. The Kier molecular flexibility index (Phi) is 6.63. The normalized spacial score (nSPS) is 19.9. The van der Waals surface area contributed by atoms with E-state index in [2.05, 4.69) is 43.0 Å². The zero-order valence-corrected chi connectivity index (χ0v) is 19.5. The lowest BCUT2D eigenvalue weighted by Gasteiger charge is -2.48. The minimum atomic E-state index is -0.0178. The molecule has 1 N–H and O–H groups in total. The molecule has 1 saturated heterocycles. The van der Waals surface area contributed by atoms with Crippen LogP contribution in [0, 0.1) is 0 Å². The molecule has 2 aromatic rings. The number of hydrogen-bond acceptors (Lipinski definition) is 5. The number of morpholine rings is 1. The lowest BCUT2D eigenvalue weighted by molar-refractivity contribution is -0.0361. The van der Waals surface area contributed by atoms with E-state index in [0.29, 0.717) is 12.1 Å². The van der Waals surface area contributed by atoms with E-state index in [1.807, 2.05) is 10.7 Å². The first-order valence-corrected chi connectivity index (χ1v) is 11.9. The van der Waals surface area contributed by atoms with E-state index in [1.165, 1.54) is 19.3 Å². The molecular formula is C24H37N5O2. The molecule has 1 aliphatic carbocycles. The van der Waals surface area contributed by atoms with Crippen molar-refractivity contribution in [3.63, 3.8) is 0 Å². The highest BCUT2D eigenvalue weighted by Gasteiger charge is 2.39. The maximum absolute atomic E-state index is 13.5. The fourth-order valence-corrected chi connectivity index (χ4v) is 5.09. The summed E-state index contributed by atoms with van der Waals surface area (Å²) in [6.07, 6.45) is 7.82. The average molecular weight is 428 g/mol. The maximum atomic E-state index is 13.5. The summed E-state index contributed by atoms with van der Waals surface area (Å²) in [6, 6.07) is 2.15. The first-order chi connectivity index (χ1) is 14.9. The third-order valence-corrected chi connectivity index (χ3v) is 6.96. The molecule has 2 fully saturated rings. The summed E-state index contributed by atoms with van der Waals surface area (Å²) in [5.74, 6) is 0.223. The van der Waals surface area contributed by atoms with Crippen LogP contribution in [0.15, 0.2) is 12.3 Å². The molecule has 1 amide bonds. The van der Waals surface area contributed by atoms with Gasteiger partial charge in [-0.25, -0.2) is 9.67 Å². The van der Waals surface area contributed by atoms with Crippen molar-refractivity contribution in [1.82, 2.24) is 25.0 Å². The Morgan fingerprint density at radius 2 is 1.87 bits per heavy atom. The van der Waals surface area contributed by atoms with Crippen molar-refractivity contribution in [1.29, 1.82) is 0 Å². The number of carbonyl (C=O) groups excluding carboxylic acids is 1. The van der Waals surface area contributed by atoms with Crippen LogP contribution in [0.4, 0.5) is 0 Å². The second kappa shape index (κ2) is 9.25. The van der Waals surface area contributed by atoms with Gasteiger partial charge in [-0.05, 0) is 38.7 Å². The molecule has 3 heterocycles. The lowest BCUT2D eigenvalue weighted by atomic mass is 9.79. The van der Waals surface area contributed by atoms with Gasteiger partial charge in [0.2, 0.25) is 0 Å². The van der Waals surface area contributed by atoms with Gasteiger partial charge in [0.05, 0.1) is 30.4 Å². The quantitative estimate of drug-likeness (QED) is 0.757. The SMILES string of the molecule is CC(C)c1cc(C(=O)NCC2(N3CCOCC3)CCCCC2)c2cnn(C(C)C)c2n1. The monoisotopic (exact) mass is 427 g/mol. The van der Waals surface area contributed by atoms with Gasteiger partial charge in [-0.3, -0.25) is 9.69 Å². The molecule has 2 aliphatic rings. The zero-order chi connectivity index (χ0) is 22.0.